The number of hydrogen-bond acceptors (Lipinski definition) is 7. The summed E-state index contributed by atoms with van der Waals surface area (Å²) in [5.41, 5.74) is 0. The Bertz CT molecular complexity index is 402. The summed E-state index contributed by atoms with van der Waals surface area (Å²) < 4.78 is 0. The normalized spacial score (nSPS) is 12.8. The number of hydrogen-bond donors (Lipinski definition) is 0. The molecule has 19 heavy (non-hydrogen) atoms. The smallest absolute Gasteiger partial charge is 0.163 e. The Balaban J connectivity index is 3.36. The lowest BCUT2D eigenvalue weighted by Gasteiger charge is -2.24. The van der Waals surface area contributed by atoms with Crippen molar-refractivity contribution >= 4 is 23.5 Å². The highest BCUT2D eigenvalue weighted by Crippen LogP contribution is 2.24. The molecule has 0 radical (unpaired) electrons. The van der Waals surface area contributed by atoms with Gasteiger partial charge in [-0.15, -0.1) is 9.97 Å². The minimum atomic E-state index is -0.442. The number of aromatic nitrogens is 3. The van der Waals surface area contributed by atoms with Crippen LogP contribution in [0.4, 0.5) is 11.9 Å². The first-order valence-corrected chi connectivity index (χ1v) is 5.61. The maximum absolute atomic E-state index is 5.89. The lowest BCUT2D eigenvalue weighted by Crippen LogP contribution is -2.47. The molecular formula is C9H18ClN5O4+2. The molecule has 0 spiro atoms. The molecular weight excluding hydrogens is 278 g/mol. The predicted molar refractivity (Wildman–Crippen MR) is 68.3 cm³/mol. The van der Waals surface area contributed by atoms with Gasteiger partial charge in [-0.05, 0) is 11.6 Å². The third-order valence-electron chi connectivity index (χ3n) is 2.70. The molecule has 0 aliphatic heterocycles. The average molecular weight is 296 g/mol. The van der Waals surface area contributed by atoms with E-state index in [0.717, 1.165) is 0 Å². The molecule has 0 amide bonds. The molecule has 0 unspecified atom stereocenters. The van der Waals surface area contributed by atoms with Gasteiger partial charge in [0.15, 0.2) is 0 Å². The molecule has 0 aromatic carbocycles. The monoisotopic (exact) mass is 295 g/mol. The Morgan fingerprint density at radius 3 is 1.32 bits per heavy atom. The Hall–Kier alpha value is -0.940. The second-order valence-electron chi connectivity index (χ2n) is 3.63. The first-order chi connectivity index (χ1) is 8.85. The van der Waals surface area contributed by atoms with Gasteiger partial charge in [-0.25, -0.2) is 0 Å². The molecule has 0 saturated heterocycles. The largest absolute Gasteiger partial charge is 0.406 e. The maximum atomic E-state index is 5.89. The van der Waals surface area contributed by atoms with Crippen LogP contribution in [0.15, 0.2) is 0 Å². The SMILES string of the molecule is CO[N+](C)(OC)c1nc(Cl)nc([N+](C)(OC)OC)n1. The van der Waals surface area contributed by atoms with Crippen LogP contribution in [0.25, 0.3) is 0 Å². The summed E-state index contributed by atoms with van der Waals surface area (Å²) in [5, 5.41) is -0.0306. The molecule has 0 aliphatic rings. The van der Waals surface area contributed by atoms with Crippen LogP contribution in [0.3, 0.4) is 0 Å². The van der Waals surface area contributed by atoms with Crippen molar-refractivity contribution in [3.63, 3.8) is 0 Å². The van der Waals surface area contributed by atoms with Gasteiger partial charge in [0.1, 0.15) is 42.5 Å². The van der Waals surface area contributed by atoms with Crippen LogP contribution in [-0.4, -0.2) is 57.5 Å². The van der Waals surface area contributed by atoms with E-state index >= 15 is 0 Å². The van der Waals surface area contributed by atoms with Gasteiger partial charge < -0.3 is 0 Å². The molecule has 1 rings (SSSR count). The van der Waals surface area contributed by atoms with Gasteiger partial charge in [0.05, 0.1) is 0 Å². The van der Waals surface area contributed by atoms with Gasteiger partial charge in [-0.1, -0.05) is 4.98 Å². The van der Waals surface area contributed by atoms with E-state index in [1.165, 1.54) is 28.4 Å². The van der Waals surface area contributed by atoms with Crippen LogP contribution in [0, 0.1) is 0 Å². The third-order valence-corrected chi connectivity index (χ3v) is 2.87. The molecule has 0 saturated carbocycles. The fraction of sp³-hybridized carbons (Fsp3) is 0.667. The molecule has 9 nitrogen and oxygen atoms in total. The molecule has 0 fully saturated rings. The maximum Gasteiger partial charge on any atom is 0.406 e. The molecule has 108 valence electrons. The van der Waals surface area contributed by atoms with E-state index in [0.29, 0.717) is 0 Å². The predicted octanol–water partition coefficient (Wildman–Crippen LogP) is 0.645. The average Bonchev–Trinajstić information content (AvgIpc) is 2.44. The number of rotatable bonds is 6. The van der Waals surface area contributed by atoms with Crippen molar-refractivity contribution in [2.45, 2.75) is 0 Å². The van der Waals surface area contributed by atoms with Crippen molar-refractivity contribution in [3.05, 3.63) is 5.28 Å². The van der Waals surface area contributed by atoms with Gasteiger partial charge in [0.25, 0.3) is 0 Å². The highest BCUT2D eigenvalue weighted by atomic mass is 35.5. The Morgan fingerprint density at radius 2 is 1.05 bits per heavy atom. The van der Waals surface area contributed by atoms with Crippen LogP contribution in [0.1, 0.15) is 0 Å². The van der Waals surface area contributed by atoms with Crippen molar-refractivity contribution in [1.82, 2.24) is 24.6 Å². The standard InChI is InChI=1S/C9H18ClN5O4/c1-14(16-3,17-4)8-11-7(10)12-9(13-8)15(2,18-5)19-6/h1-6H3/q+2. The lowest BCUT2D eigenvalue weighted by atomic mass is 10.8. The molecule has 0 aliphatic carbocycles. The van der Waals surface area contributed by atoms with E-state index in [4.69, 9.17) is 31.0 Å². The first kappa shape index (κ1) is 16.1. The van der Waals surface area contributed by atoms with E-state index < -0.39 is 9.62 Å². The van der Waals surface area contributed by atoms with E-state index in [9.17, 15) is 0 Å². The zero-order chi connectivity index (χ0) is 14.7. The highest BCUT2D eigenvalue weighted by molar-refractivity contribution is 6.28. The molecule has 1 heterocycles. The molecule has 0 atom stereocenters. The minimum Gasteiger partial charge on any atom is -0.163 e. The fourth-order valence-corrected chi connectivity index (χ4v) is 1.32. The minimum absolute atomic E-state index is 0.0306. The molecule has 1 aromatic rings. The van der Waals surface area contributed by atoms with Gasteiger partial charge >= 0.3 is 11.9 Å². The van der Waals surface area contributed by atoms with Gasteiger partial charge in [-0.3, -0.25) is 0 Å². The summed E-state index contributed by atoms with van der Waals surface area (Å²) in [6, 6.07) is 0. The molecule has 0 bridgehead atoms. The zero-order valence-electron chi connectivity index (χ0n) is 11.7. The van der Waals surface area contributed by atoms with Gasteiger partial charge in [0, 0.05) is 9.62 Å². The summed E-state index contributed by atoms with van der Waals surface area (Å²) >= 11 is 5.89. The van der Waals surface area contributed by atoms with Crippen molar-refractivity contribution in [1.29, 1.82) is 0 Å². The van der Waals surface area contributed by atoms with Gasteiger partial charge in [-0.2, -0.15) is 19.4 Å². The summed E-state index contributed by atoms with van der Waals surface area (Å²) in [5.74, 6) is 0.303. The summed E-state index contributed by atoms with van der Waals surface area (Å²) in [7, 11) is 8.98. The van der Waals surface area contributed by atoms with E-state index in [1.54, 1.807) is 14.1 Å². The van der Waals surface area contributed by atoms with Crippen LogP contribution >= 0.6 is 11.6 Å². The Kier molecular flexibility index (Phi) is 5.10. The van der Waals surface area contributed by atoms with Crippen LogP contribution in [-0.2, 0) is 19.4 Å². The number of hydroxylamine groups is 4. The van der Waals surface area contributed by atoms with Gasteiger partial charge in [0.2, 0.25) is 5.28 Å². The number of nitrogens with zero attached hydrogens (tertiary/aromatic N) is 5. The lowest BCUT2D eigenvalue weighted by molar-refractivity contribution is -0.321. The second kappa shape index (κ2) is 6.01. The highest BCUT2D eigenvalue weighted by Gasteiger charge is 2.39. The summed E-state index contributed by atoms with van der Waals surface area (Å²) in [6.45, 7) is 0. The third kappa shape index (κ3) is 3.15. The van der Waals surface area contributed by atoms with Crippen molar-refractivity contribution in [2.75, 3.05) is 42.5 Å². The van der Waals surface area contributed by atoms with Crippen molar-refractivity contribution in [2.24, 2.45) is 0 Å². The van der Waals surface area contributed by atoms with E-state index in [1.807, 2.05) is 0 Å². The second-order valence-corrected chi connectivity index (χ2v) is 3.96. The van der Waals surface area contributed by atoms with Crippen LogP contribution in [0.2, 0.25) is 5.28 Å². The number of halogens is 1. The van der Waals surface area contributed by atoms with Crippen molar-refractivity contribution in [3.8, 4) is 0 Å². The number of quaternary nitrogens is 2. The molecule has 0 N–H and O–H groups in total. The molecule has 1 aromatic heterocycles. The topological polar surface area (TPSA) is 75.6 Å². The summed E-state index contributed by atoms with van der Waals surface area (Å²) in [4.78, 5) is 32.0. The van der Waals surface area contributed by atoms with Crippen molar-refractivity contribution < 1.29 is 19.4 Å². The Labute approximate surface area is 116 Å². The van der Waals surface area contributed by atoms with E-state index in [2.05, 4.69) is 15.0 Å². The zero-order valence-corrected chi connectivity index (χ0v) is 12.5. The fourth-order valence-electron chi connectivity index (χ4n) is 1.17. The van der Waals surface area contributed by atoms with Crippen LogP contribution in [0.5, 0.6) is 0 Å². The van der Waals surface area contributed by atoms with Crippen LogP contribution < -0.4 is 9.62 Å². The summed E-state index contributed by atoms with van der Waals surface area (Å²) in [6.07, 6.45) is 0. The molecule has 10 heteroatoms. The first-order valence-electron chi connectivity index (χ1n) is 5.24. The van der Waals surface area contributed by atoms with E-state index in [-0.39, 0.29) is 17.2 Å². The Morgan fingerprint density at radius 1 is 0.737 bits per heavy atom. The quantitative estimate of drug-likeness (QED) is 0.563.